The van der Waals surface area contributed by atoms with Gasteiger partial charge in [0.15, 0.2) is 11.6 Å². The van der Waals surface area contributed by atoms with E-state index >= 15 is 0 Å². The minimum atomic E-state index is -0.318. The molecule has 1 fully saturated rings. The molecule has 0 aromatic heterocycles. The third kappa shape index (κ3) is 3.95. The summed E-state index contributed by atoms with van der Waals surface area (Å²) in [6.07, 6.45) is 2.50. The van der Waals surface area contributed by atoms with Crippen molar-refractivity contribution in [2.75, 3.05) is 6.54 Å². The lowest BCUT2D eigenvalue weighted by molar-refractivity contribution is 0.142. The Hall–Kier alpha value is -0.610. The third-order valence-electron chi connectivity index (χ3n) is 3.10. The highest BCUT2D eigenvalue weighted by atomic mass is 79.9. The number of hydrogen-bond donors (Lipinski definition) is 1. The van der Waals surface area contributed by atoms with E-state index in [2.05, 4.69) is 35.1 Å². The molecule has 2 nitrogen and oxygen atoms in total. The maximum atomic E-state index is 13.7. The summed E-state index contributed by atoms with van der Waals surface area (Å²) in [4.78, 5) is 0. The summed E-state index contributed by atoms with van der Waals surface area (Å²) in [5, 5.41) is 3.43. The molecule has 1 aromatic carbocycles. The number of hydrogen-bond acceptors (Lipinski definition) is 2. The molecule has 100 valence electrons. The Morgan fingerprint density at radius 2 is 2.17 bits per heavy atom. The Kier molecular flexibility index (Phi) is 4.62. The molecular formula is C14H19BrFNO. The summed E-state index contributed by atoms with van der Waals surface area (Å²) >= 11 is 3.24. The van der Waals surface area contributed by atoms with Crippen molar-refractivity contribution in [3.05, 3.63) is 28.5 Å². The zero-order valence-corrected chi connectivity index (χ0v) is 12.3. The molecule has 1 saturated carbocycles. The van der Waals surface area contributed by atoms with Crippen molar-refractivity contribution >= 4 is 15.9 Å². The molecule has 1 aliphatic rings. The van der Waals surface area contributed by atoms with Crippen LogP contribution >= 0.6 is 15.9 Å². The maximum Gasteiger partial charge on any atom is 0.166 e. The first-order valence-electron chi connectivity index (χ1n) is 6.41. The Bertz CT molecular complexity index is 407. The van der Waals surface area contributed by atoms with Crippen LogP contribution in [0.15, 0.2) is 22.7 Å². The fraction of sp³-hybridized carbons (Fsp3) is 0.571. The monoisotopic (exact) mass is 315 g/mol. The summed E-state index contributed by atoms with van der Waals surface area (Å²) in [5.74, 6) is 0.357. The second kappa shape index (κ2) is 6.02. The van der Waals surface area contributed by atoms with Gasteiger partial charge in [-0.1, -0.05) is 29.8 Å². The van der Waals surface area contributed by atoms with Gasteiger partial charge in [-0.15, -0.1) is 0 Å². The van der Waals surface area contributed by atoms with Gasteiger partial charge in [-0.2, -0.15) is 0 Å². The van der Waals surface area contributed by atoms with E-state index < -0.39 is 0 Å². The SMILES string of the molecule is CC(C)C(CNC1CC1)Oc1ccc(Br)cc1F. The molecule has 1 atom stereocenters. The molecule has 0 heterocycles. The standard InChI is InChI=1S/C14H19BrFNO/c1-9(2)14(8-17-11-4-5-11)18-13-6-3-10(15)7-12(13)16/h3,6-7,9,11,14,17H,4-5,8H2,1-2H3. The molecule has 0 bridgehead atoms. The van der Waals surface area contributed by atoms with Gasteiger partial charge < -0.3 is 10.1 Å². The summed E-state index contributed by atoms with van der Waals surface area (Å²) in [6, 6.07) is 5.54. The third-order valence-corrected chi connectivity index (χ3v) is 3.59. The first kappa shape index (κ1) is 13.8. The predicted molar refractivity (Wildman–Crippen MR) is 74.4 cm³/mol. The molecular weight excluding hydrogens is 297 g/mol. The van der Waals surface area contributed by atoms with Crippen LogP contribution in [-0.4, -0.2) is 18.7 Å². The molecule has 1 aromatic rings. The fourth-order valence-corrected chi connectivity index (χ4v) is 2.05. The van der Waals surface area contributed by atoms with Crippen LogP contribution in [0.5, 0.6) is 5.75 Å². The van der Waals surface area contributed by atoms with E-state index in [0.29, 0.717) is 17.7 Å². The number of halogens is 2. The summed E-state index contributed by atoms with van der Waals surface area (Å²) in [5.41, 5.74) is 0. The van der Waals surface area contributed by atoms with Gasteiger partial charge >= 0.3 is 0 Å². The lowest BCUT2D eigenvalue weighted by atomic mass is 10.1. The topological polar surface area (TPSA) is 21.3 Å². The lowest BCUT2D eigenvalue weighted by Crippen LogP contribution is -2.36. The van der Waals surface area contributed by atoms with Gasteiger partial charge in [0.1, 0.15) is 6.10 Å². The average molecular weight is 316 g/mol. The molecule has 1 unspecified atom stereocenters. The largest absolute Gasteiger partial charge is 0.486 e. The van der Waals surface area contributed by atoms with Crippen molar-refractivity contribution in [1.82, 2.24) is 5.32 Å². The molecule has 0 amide bonds. The molecule has 0 radical (unpaired) electrons. The van der Waals surface area contributed by atoms with E-state index in [1.54, 1.807) is 12.1 Å². The van der Waals surface area contributed by atoms with Crippen molar-refractivity contribution in [3.63, 3.8) is 0 Å². The molecule has 0 saturated heterocycles. The molecule has 1 N–H and O–H groups in total. The van der Waals surface area contributed by atoms with Gasteiger partial charge in [-0.25, -0.2) is 4.39 Å². The van der Waals surface area contributed by atoms with Crippen LogP contribution in [0.25, 0.3) is 0 Å². The van der Waals surface area contributed by atoms with E-state index in [0.717, 1.165) is 11.0 Å². The van der Waals surface area contributed by atoms with Crippen molar-refractivity contribution in [1.29, 1.82) is 0 Å². The highest BCUT2D eigenvalue weighted by Crippen LogP contribution is 2.24. The Morgan fingerprint density at radius 3 is 2.72 bits per heavy atom. The van der Waals surface area contributed by atoms with Gasteiger partial charge in [0.25, 0.3) is 0 Å². The van der Waals surface area contributed by atoms with Crippen molar-refractivity contribution in [2.45, 2.75) is 38.8 Å². The quantitative estimate of drug-likeness (QED) is 0.863. The molecule has 0 spiro atoms. The minimum Gasteiger partial charge on any atom is -0.486 e. The first-order chi connectivity index (χ1) is 8.56. The van der Waals surface area contributed by atoms with E-state index in [1.165, 1.54) is 18.9 Å². The molecule has 4 heteroatoms. The highest BCUT2D eigenvalue weighted by Gasteiger charge is 2.24. The number of rotatable bonds is 6. The van der Waals surface area contributed by atoms with Crippen LogP contribution in [0.2, 0.25) is 0 Å². The second-order valence-electron chi connectivity index (χ2n) is 5.16. The Balaban J connectivity index is 1.97. The maximum absolute atomic E-state index is 13.7. The van der Waals surface area contributed by atoms with E-state index in [4.69, 9.17) is 4.74 Å². The molecule has 0 aliphatic heterocycles. The summed E-state index contributed by atoms with van der Waals surface area (Å²) in [6.45, 7) is 4.96. The van der Waals surface area contributed by atoms with Gasteiger partial charge in [0.05, 0.1) is 0 Å². The number of nitrogens with one attached hydrogen (secondary N) is 1. The lowest BCUT2D eigenvalue weighted by Gasteiger charge is -2.23. The van der Waals surface area contributed by atoms with E-state index in [9.17, 15) is 4.39 Å². The zero-order chi connectivity index (χ0) is 13.1. The van der Waals surface area contributed by atoms with Crippen LogP contribution in [0.4, 0.5) is 4.39 Å². The van der Waals surface area contributed by atoms with Crippen molar-refractivity contribution in [2.24, 2.45) is 5.92 Å². The second-order valence-corrected chi connectivity index (χ2v) is 6.07. The molecule has 18 heavy (non-hydrogen) atoms. The number of benzene rings is 1. The molecule has 1 aliphatic carbocycles. The normalized spacial score (nSPS) is 16.9. The molecule has 2 rings (SSSR count). The van der Waals surface area contributed by atoms with Gasteiger partial charge in [0, 0.05) is 17.1 Å². The van der Waals surface area contributed by atoms with Crippen molar-refractivity contribution < 1.29 is 9.13 Å². The van der Waals surface area contributed by atoms with Crippen molar-refractivity contribution in [3.8, 4) is 5.75 Å². The summed E-state index contributed by atoms with van der Waals surface area (Å²) < 4.78 is 20.2. The average Bonchev–Trinajstić information content (AvgIpc) is 3.10. The van der Waals surface area contributed by atoms with Crippen LogP contribution in [0, 0.1) is 11.7 Å². The van der Waals surface area contributed by atoms with Crippen LogP contribution in [0.3, 0.4) is 0 Å². The zero-order valence-electron chi connectivity index (χ0n) is 10.7. The minimum absolute atomic E-state index is 0.00118. The van der Waals surface area contributed by atoms with Crippen LogP contribution < -0.4 is 10.1 Å². The van der Waals surface area contributed by atoms with E-state index in [-0.39, 0.29) is 11.9 Å². The van der Waals surface area contributed by atoms with Gasteiger partial charge in [-0.3, -0.25) is 0 Å². The van der Waals surface area contributed by atoms with Crippen LogP contribution in [-0.2, 0) is 0 Å². The van der Waals surface area contributed by atoms with Gasteiger partial charge in [-0.05, 0) is 37.0 Å². The highest BCUT2D eigenvalue weighted by molar-refractivity contribution is 9.10. The fourth-order valence-electron chi connectivity index (χ4n) is 1.72. The number of ether oxygens (including phenoxy) is 1. The summed E-state index contributed by atoms with van der Waals surface area (Å²) in [7, 11) is 0. The first-order valence-corrected chi connectivity index (χ1v) is 7.20. The Morgan fingerprint density at radius 1 is 1.44 bits per heavy atom. The van der Waals surface area contributed by atoms with E-state index in [1.807, 2.05) is 0 Å². The van der Waals surface area contributed by atoms with Gasteiger partial charge in [0.2, 0.25) is 0 Å². The smallest absolute Gasteiger partial charge is 0.166 e. The predicted octanol–water partition coefficient (Wildman–Crippen LogP) is 3.74. The Labute approximate surface area is 116 Å². The van der Waals surface area contributed by atoms with Crippen LogP contribution in [0.1, 0.15) is 26.7 Å².